The van der Waals surface area contributed by atoms with Gasteiger partial charge in [0.05, 0.1) is 57.3 Å². The molecule has 0 aliphatic carbocycles. The first kappa shape index (κ1) is 51.3. The van der Waals surface area contributed by atoms with E-state index in [1.807, 2.05) is 20.8 Å². The van der Waals surface area contributed by atoms with E-state index in [2.05, 4.69) is 69.2 Å². The van der Waals surface area contributed by atoms with E-state index in [0.29, 0.717) is 73.1 Å². The molecule has 0 aliphatic heterocycles. The van der Waals surface area contributed by atoms with Crippen LogP contribution in [0.1, 0.15) is 96.4 Å². The van der Waals surface area contributed by atoms with Crippen molar-refractivity contribution in [1.82, 2.24) is 0 Å². The molecular formula is C31H66O10P4S4. The summed E-state index contributed by atoms with van der Waals surface area (Å²) in [4.78, 5) is 11.0. The number of aliphatic carboxylic acids is 1. The predicted octanol–water partition coefficient (Wildman–Crippen LogP) is 12.6. The van der Waals surface area contributed by atoms with Gasteiger partial charge in [-0.2, -0.15) is 0 Å². The highest BCUT2D eigenvalue weighted by atomic mass is 32.7. The Labute approximate surface area is 320 Å². The van der Waals surface area contributed by atoms with Crippen molar-refractivity contribution in [3.05, 3.63) is 0 Å². The molecule has 49 heavy (non-hydrogen) atoms. The van der Waals surface area contributed by atoms with Crippen molar-refractivity contribution in [1.29, 1.82) is 0 Å². The summed E-state index contributed by atoms with van der Waals surface area (Å²) in [6.45, 7) is 29.8. The maximum atomic E-state index is 11.0. The van der Waals surface area contributed by atoms with Gasteiger partial charge in [-0.25, -0.2) is 0 Å². The van der Waals surface area contributed by atoms with Crippen molar-refractivity contribution in [2.75, 3.05) is 49.4 Å². The van der Waals surface area contributed by atoms with Crippen molar-refractivity contribution in [2.24, 2.45) is 23.7 Å². The van der Waals surface area contributed by atoms with Crippen LogP contribution in [0.25, 0.3) is 0 Å². The first-order valence-corrected chi connectivity index (χ1v) is 28.2. The molecule has 0 spiro atoms. The highest BCUT2D eigenvalue weighted by Gasteiger charge is 2.26. The summed E-state index contributed by atoms with van der Waals surface area (Å²) in [6.07, 6.45) is -0.297. The van der Waals surface area contributed by atoms with E-state index in [9.17, 15) is 4.79 Å². The van der Waals surface area contributed by atoms with E-state index in [-0.39, 0.29) is 30.8 Å². The summed E-state index contributed by atoms with van der Waals surface area (Å²) in [5, 5.41) is 9.06. The van der Waals surface area contributed by atoms with Crippen LogP contribution in [0.2, 0.25) is 0 Å². The summed E-state index contributed by atoms with van der Waals surface area (Å²) in [5.41, 5.74) is 0. The number of carboxylic acid groups (broad SMARTS) is 1. The zero-order valence-corrected chi connectivity index (χ0v) is 38.9. The van der Waals surface area contributed by atoms with Gasteiger partial charge in [-0.1, -0.05) is 101 Å². The summed E-state index contributed by atoms with van der Waals surface area (Å²) >= 11 is 6.39. The molecule has 0 aromatic heterocycles. The Balaban J connectivity index is 5.49. The van der Waals surface area contributed by atoms with Gasteiger partial charge in [-0.3, -0.25) is 4.79 Å². The standard InChI is InChI=1S/C31H66O10P4S4/c1-23(2)16-34-42(35-17-24(3)4)47-20-28(11)40-45(41-29(12)21-48-43(36-18-25(5)6)37-19-26(7)8)49-22-30(13)39-44(38-27(9)10)46-15-14-31(32)33/h23-30H,14-22H2,1-13H3,(H,32,33). The molecule has 0 radical (unpaired) electrons. The molecule has 0 fully saturated rings. The minimum atomic E-state index is -1.32. The summed E-state index contributed by atoms with van der Waals surface area (Å²) in [6, 6.07) is 0. The summed E-state index contributed by atoms with van der Waals surface area (Å²) in [5.74, 6) is 3.38. The molecule has 0 aromatic rings. The second-order valence-electron chi connectivity index (χ2n) is 13.4. The molecule has 294 valence electrons. The van der Waals surface area contributed by atoms with Gasteiger partial charge in [0, 0.05) is 23.0 Å². The van der Waals surface area contributed by atoms with E-state index >= 15 is 0 Å². The third kappa shape index (κ3) is 33.3. The molecule has 0 amide bonds. The van der Waals surface area contributed by atoms with Gasteiger partial charge in [0.2, 0.25) is 30.3 Å². The first-order chi connectivity index (χ1) is 23.0. The lowest BCUT2D eigenvalue weighted by Gasteiger charge is -2.27. The average molecular weight is 851 g/mol. The third-order valence-corrected chi connectivity index (χ3v) is 18.3. The maximum Gasteiger partial charge on any atom is 0.304 e. The molecule has 0 aliphatic rings. The first-order valence-electron chi connectivity index (χ1n) is 17.1. The molecule has 0 saturated heterocycles. The van der Waals surface area contributed by atoms with Crippen molar-refractivity contribution in [3.63, 3.8) is 0 Å². The van der Waals surface area contributed by atoms with E-state index < -0.39 is 36.3 Å². The normalized spacial score (nSPS) is 15.8. The zero-order valence-electron chi connectivity index (χ0n) is 32.0. The fourth-order valence-electron chi connectivity index (χ4n) is 2.64. The van der Waals surface area contributed by atoms with Gasteiger partial charge in [-0.05, 0) is 58.3 Å². The van der Waals surface area contributed by atoms with Gasteiger partial charge in [0.1, 0.15) is 0 Å². The lowest BCUT2D eigenvalue weighted by atomic mass is 10.2. The number of hydrogen-bond donors (Lipinski definition) is 1. The summed E-state index contributed by atoms with van der Waals surface area (Å²) in [7, 11) is -4.77. The molecule has 0 bridgehead atoms. The second-order valence-corrected chi connectivity index (χ2v) is 26.2. The molecule has 10 nitrogen and oxygen atoms in total. The lowest BCUT2D eigenvalue weighted by molar-refractivity contribution is -0.136. The third-order valence-electron chi connectivity index (χ3n) is 4.90. The van der Waals surface area contributed by atoms with Gasteiger partial charge in [0.15, 0.2) is 0 Å². The van der Waals surface area contributed by atoms with E-state index in [1.54, 1.807) is 34.1 Å². The van der Waals surface area contributed by atoms with Crippen LogP contribution in [0.4, 0.5) is 0 Å². The highest BCUT2D eigenvalue weighted by Crippen LogP contribution is 2.59. The van der Waals surface area contributed by atoms with Gasteiger partial charge in [0.25, 0.3) is 0 Å². The van der Waals surface area contributed by atoms with Crippen LogP contribution in [-0.4, -0.2) is 84.9 Å². The van der Waals surface area contributed by atoms with Crippen LogP contribution in [-0.2, 0) is 41.0 Å². The highest BCUT2D eigenvalue weighted by molar-refractivity contribution is 8.54. The lowest BCUT2D eigenvalue weighted by Crippen LogP contribution is -2.15. The number of carbonyl (C=O) groups is 1. The Bertz CT molecular complexity index is 747. The maximum absolute atomic E-state index is 11.0. The Morgan fingerprint density at radius 2 is 0.796 bits per heavy atom. The number of carboxylic acids is 1. The predicted molar refractivity (Wildman–Crippen MR) is 221 cm³/mol. The van der Waals surface area contributed by atoms with Crippen LogP contribution in [0.5, 0.6) is 0 Å². The Hall–Kier alpha value is 2.27. The quantitative estimate of drug-likeness (QED) is 0.0632. The van der Waals surface area contributed by atoms with E-state index in [4.69, 9.17) is 41.3 Å². The van der Waals surface area contributed by atoms with Gasteiger partial charge in [-0.15, -0.1) is 0 Å². The molecule has 1 N–H and O–H groups in total. The largest absolute Gasteiger partial charge is 0.481 e. The summed E-state index contributed by atoms with van der Waals surface area (Å²) < 4.78 is 49.8. The molecule has 0 heterocycles. The van der Waals surface area contributed by atoms with E-state index in [1.165, 1.54) is 11.4 Å². The van der Waals surface area contributed by atoms with Crippen molar-refractivity contribution in [2.45, 2.75) is 121 Å². The number of rotatable bonds is 33. The van der Waals surface area contributed by atoms with Crippen LogP contribution >= 0.6 is 75.8 Å². The smallest absolute Gasteiger partial charge is 0.304 e. The van der Waals surface area contributed by atoms with Crippen molar-refractivity contribution in [3.8, 4) is 0 Å². The molecule has 0 aromatic carbocycles. The Kier molecular flexibility index (Phi) is 32.9. The fourth-order valence-corrected chi connectivity index (χ4v) is 16.4. The zero-order chi connectivity index (χ0) is 37.4. The van der Waals surface area contributed by atoms with Crippen LogP contribution < -0.4 is 0 Å². The van der Waals surface area contributed by atoms with E-state index in [0.717, 1.165) is 0 Å². The minimum Gasteiger partial charge on any atom is -0.481 e. The molecule has 4 unspecified atom stereocenters. The van der Waals surface area contributed by atoms with Gasteiger partial charge >= 0.3 is 5.97 Å². The number of hydrogen-bond acceptors (Lipinski definition) is 13. The van der Waals surface area contributed by atoms with Crippen molar-refractivity contribution >= 4 is 81.8 Å². The Morgan fingerprint density at radius 1 is 0.490 bits per heavy atom. The topological polar surface area (TPSA) is 111 Å². The van der Waals surface area contributed by atoms with Crippen molar-refractivity contribution < 1.29 is 46.1 Å². The molecule has 18 heteroatoms. The SMILES string of the molecule is CC(C)COP(OCC(C)C)SCC(C)OP(OC(C)CSP(OCC(C)C)OCC(C)C)SCC(C)OP(OC(C)C)SCCC(=O)O. The molecule has 4 atom stereocenters. The van der Waals surface area contributed by atoms with Crippen LogP contribution in [0.15, 0.2) is 0 Å². The minimum absolute atomic E-state index is 0.0252. The average Bonchev–Trinajstić information content (AvgIpc) is 2.98. The monoisotopic (exact) mass is 850 g/mol. The van der Waals surface area contributed by atoms with Crippen LogP contribution in [0.3, 0.4) is 0 Å². The fraction of sp³-hybridized carbons (Fsp3) is 0.968. The molecule has 0 saturated carbocycles. The Morgan fingerprint density at radius 3 is 1.08 bits per heavy atom. The second kappa shape index (κ2) is 31.5. The molecule has 0 rings (SSSR count). The van der Waals surface area contributed by atoms with Gasteiger partial charge < -0.3 is 41.3 Å². The van der Waals surface area contributed by atoms with Crippen LogP contribution in [0, 0.1) is 23.7 Å². The molecular weight excluding hydrogens is 784 g/mol.